The molecule has 0 bridgehead atoms. The molecule has 6 nitrogen and oxygen atoms in total. The molecular weight excluding hydrogens is 398 g/mol. The number of carbonyl (C=O) groups excluding carboxylic acids is 1. The van der Waals surface area contributed by atoms with Crippen molar-refractivity contribution < 1.29 is 4.79 Å². The van der Waals surface area contributed by atoms with Crippen molar-refractivity contribution >= 4 is 34.1 Å². The molecule has 7 heteroatoms. The maximum absolute atomic E-state index is 13.1. The Hall–Kier alpha value is -3.38. The van der Waals surface area contributed by atoms with Gasteiger partial charge in [-0.25, -0.2) is 9.67 Å². The molecule has 0 atom stereocenters. The molecule has 0 saturated carbocycles. The predicted molar refractivity (Wildman–Crippen MR) is 118 cm³/mol. The number of fused-ring (bicyclic) bond motifs is 1. The second-order valence-corrected chi connectivity index (χ2v) is 7.80. The van der Waals surface area contributed by atoms with E-state index in [1.165, 1.54) is 5.57 Å². The molecule has 0 aliphatic carbocycles. The molecule has 1 N–H and O–H groups in total. The van der Waals surface area contributed by atoms with Gasteiger partial charge in [0.05, 0.1) is 23.1 Å². The quantitative estimate of drug-likeness (QED) is 0.528. The lowest BCUT2D eigenvalue weighted by molar-refractivity contribution is 0.0772. The molecule has 0 radical (unpaired) electrons. The lowest BCUT2D eigenvalue weighted by Crippen LogP contribution is -2.34. The number of carbonyl (C=O) groups is 1. The summed E-state index contributed by atoms with van der Waals surface area (Å²) < 4.78 is 1.77. The monoisotopic (exact) mass is 417 g/mol. The van der Waals surface area contributed by atoms with Crippen LogP contribution in [-0.4, -0.2) is 43.6 Å². The van der Waals surface area contributed by atoms with Crippen molar-refractivity contribution in [3.63, 3.8) is 0 Å². The van der Waals surface area contributed by atoms with E-state index in [2.05, 4.69) is 27.2 Å². The topological polar surface area (TPSA) is 66.8 Å². The van der Waals surface area contributed by atoms with Crippen LogP contribution in [0.2, 0.25) is 5.02 Å². The van der Waals surface area contributed by atoms with Crippen LogP contribution < -0.4 is 0 Å². The number of amides is 1. The number of aromatic nitrogens is 4. The molecule has 3 aromatic heterocycles. The van der Waals surface area contributed by atoms with Gasteiger partial charge in [-0.15, -0.1) is 0 Å². The number of nitrogens with one attached hydrogen (secondary N) is 1. The van der Waals surface area contributed by atoms with Gasteiger partial charge in [-0.1, -0.05) is 17.7 Å². The summed E-state index contributed by atoms with van der Waals surface area (Å²) in [5.41, 5.74) is 5.61. The second-order valence-electron chi connectivity index (χ2n) is 7.36. The van der Waals surface area contributed by atoms with E-state index in [9.17, 15) is 4.79 Å². The summed E-state index contributed by atoms with van der Waals surface area (Å²) in [5, 5.41) is 6.20. The summed E-state index contributed by atoms with van der Waals surface area (Å²) in [7, 11) is 0. The predicted octanol–water partition coefficient (Wildman–Crippen LogP) is 4.64. The average molecular weight is 418 g/mol. The normalized spacial score (nSPS) is 14.2. The van der Waals surface area contributed by atoms with Crippen LogP contribution in [-0.2, 0) is 0 Å². The van der Waals surface area contributed by atoms with Gasteiger partial charge in [0.2, 0.25) is 0 Å². The number of aromatic amines is 1. The Kier molecular flexibility index (Phi) is 4.64. The van der Waals surface area contributed by atoms with Gasteiger partial charge in [-0.05, 0) is 55.3 Å². The van der Waals surface area contributed by atoms with Gasteiger partial charge in [-0.2, -0.15) is 5.10 Å². The van der Waals surface area contributed by atoms with E-state index >= 15 is 0 Å². The average Bonchev–Trinajstić information content (AvgIpc) is 3.38. The molecule has 1 aliphatic heterocycles. The summed E-state index contributed by atoms with van der Waals surface area (Å²) in [6.07, 6.45) is 8.37. The van der Waals surface area contributed by atoms with E-state index in [-0.39, 0.29) is 5.91 Å². The number of rotatable bonds is 3. The Balaban J connectivity index is 1.36. The molecule has 4 heterocycles. The first kappa shape index (κ1) is 18.6. The maximum Gasteiger partial charge on any atom is 0.257 e. The molecule has 1 aliphatic rings. The van der Waals surface area contributed by atoms with Crippen molar-refractivity contribution in [2.24, 2.45) is 0 Å². The highest BCUT2D eigenvalue weighted by Crippen LogP contribution is 2.29. The zero-order valence-corrected chi connectivity index (χ0v) is 17.2. The molecule has 0 spiro atoms. The summed E-state index contributed by atoms with van der Waals surface area (Å²) >= 11 is 5.98. The van der Waals surface area contributed by atoms with Gasteiger partial charge in [0, 0.05) is 41.5 Å². The fourth-order valence-corrected chi connectivity index (χ4v) is 4.08. The first-order valence-corrected chi connectivity index (χ1v) is 10.2. The zero-order chi connectivity index (χ0) is 20.7. The molecule has 0 saturated heterocycles. The molecular formula is C23H20ClN5O. The summed E-state index contributed by atoms with van der Waals surface area (Å²) in [6, 6.07) is 11.4. The van der Waals surface area contributed by atoms with Crippen molar-refractivity contribution in [2.45, 2.75) is 13.3 Å². The van der Waals surface area contributed by atoms with Crippen LogP contribution in [0.5, 0.6) is 0 Å². The van der Waals surface area contributed by atoms with Crippen LogP contribution in [0.25, 0.3) is 22.3 Å². The van der Waals surface area contributed by atoms with Crippen LogP contribution in [0.1, 0.15) is 28.0 Å². The minimum absolute atomic E-state index is 0.00334. The number of benzene rings is 1. The molecule has 4 aromatic rings. The van der Waals surface area contributed by atoms with E-state index in [0.29, 0.717) is 23.7 Å². The summed E-state index contributed by atoms with van der Waals surface area (Å²) in [4.78, 5) is 22.6. The highest BCUT2D eigenvalue weighted by atomic mass is 35.5. The number of H-pyrrole nitrogens is 1. The lowest BCUT2D eigenvalue weighted by Gasteiger charge is -2.26. The molecule has 1 aromatic carbocycles. The third kappa shape index (κ3) is 3.19. The van der Waals surface area contributed by atoms with E-state index in [0.717, 1.165) is 34.4 Å². The standard InChI is InChI=1S/C23H20ClN5O/c1-15-20(14-27-29(15)18-6-4-17(24)5-7-18)23(30)28-11-8-16(9-12-28)21-13-26-22-19(21)3-2-10-25-22/h2-8,10,13-14H,9,11-12H2,1H3,(H,25,26). The number of halogens is 1. The Labute approximate surface area is 178 Å². The smallest absolute Gasteiger partial charge is 0.257 e. The molecule has 30 heavy (non-hydrogen) atoms. The van der Waals surface area contributed by atoms with Crippen LogP contribution in [0.15, 0.2) is 61.1 Å². The molecule has 1 amide bonds. The highest BCUT2D eigenvalue weighted by molar-refractivity contribution is 6.30. The largest absolute Gasteiger partial charge is 0.346 e. The fourth-order valence-electron chi connectivity index (χ4n) is 3.95. The van der Waals surface area contributed by atoms with Crippen molar-refractivity contribution in [3.8, 4) is 5.69 Å². The van der Waals surface area contributed by atoms with Gasteiger partial charge in [0.25, 0.3) is 5.91 Å². The molecule has 5 rings (SSSR count). The van der Waals surface area contributed by atoms with Gasteiger partial charge >= 0.3 is 0 Å². The molecule has 0 unspecified atom stereocenters. The van der Waals surface area contributed by atoms with E-state index in [4.69, 9.17) is 11.6 Å². The third-order valence-electron chi connectivity index (χ3n) is 5.60. The van der Waals surface area contributed by atoms with Crippen molar-refractivity contribution in [3.05, 3.63) is 82.9 Å². The Morgan fingerprint density at radius 3 is 2.80 bits per heavy atom. The van der Waals surface area contributed by atoms with Crippen LogP contribution in [0.3, 0.4) is 0 Å². The molecule has 0 fully saturated rings. The Bertz CT molecular complexity index is 1270. The van der Waals surface area contributed by atoms with E-state index in [1.54, 1.807) is 17.1 Å². The number of hydrogen-bond donors (Lipinski definition) is 1. The minimum Gasteiger partial charge on any atom is -0.346 e. The van der Waals surface area contributed by atoms with Gasteiger partial charge in [0.15, 0.2) is 0 Å². The van der Waals surface area contributed by atoms with Gasteiger partial charge < -0.3 is 9.88 Å². The number of nitrogens with zero attached hydrogens (tertiary/aromatic N) is 4. The Morgan fingerprint density at radius 1 is 1.20 bits per heavy atom. The van der Waals surface area contributed by atoms with E-state index < -0.39 is 0 Å². The highest BCUT2D eigenvalue weighted by Gasteiger charge is 2.24. The van der Waals surface area contributed by atoms with E-state index in [1.807, 2.05) is 48.4 Å². The molecule has 150 valence electrons. The number of hydrogen-bond acceptors (Lipinski definition) is 3. The van der Waals surface area contributed by atoms with Crippen molar-refractivity contribution in [1.82, 2.24) is 24.6 Å². The van der Waals surface area contributed by atoms with Crippen molar-refractivity contribution in [2.75, 3.05) is 13.1 Å². The summed E-state index contributed by atoms with van der Waals surface area (Å²) in [5.74, 6) is 0.00334. The summed E-state index contributed by atoms with van der Waals surface area (Å²) in [6.45, 7) is 3.16. The SMILES string of the molecule is Cc1c(C(=O)N2CC=C(c3c[nH]c4ncccc34)CC2)cnn1-c1ccc(Cl)cc1. The van der Waals surface area contributed by atoms with Gasteiger partial charge in [0.1, 0.15) is 5.65 Å². The number of pyridine rings is 1. The zero-order valence-electron chi connectivity index (χ0n) is 16.5. The van der Waals surface area contributed by atoms with Crippen LogP contribution >= 0.6 is 11.6 Å². The van der Waals surface area contributed by atoms with Crippen LogP contribution in [0.4, 0.5) is 0 Å². The second kappa shape index (κ2) is 7.46. The third-order valence-corrected chi connectivity index (χ3v) is 5.86. The van der Waals surface area contributed by atoms with Gasteiger partial charge in [-0.3, -0.25) is 4.79 Å². The van der Waals surface area contributed by atoms with Crippen molar-refractivity contribution in [1.29, 1.82) is 0 Å². The fraction of sp³-hybridized carbons (Fsp3) is 0.174. The minimum atomic E-state index is 0.00334. The first-order valence-electron chi connectivity index (χ1n) is 9.83. The maximum atomic E-state index is 13.1. The van der Waals surface area contributed by atoms with Crippen LogP contribution in [0, 0.1) is 6.92 Å². The first-order chi connectivity index (χ1) is 14.6. The Morgan fingerprint density at radius 2 is 2.03 bits per heavy atom. The lowest BCUT2D eigenvalue weighted by atomic mass is 9.99.